The minimum absolute atomic E-state index is 0.0770. The van der Waals surface area contributed by atoms with Crippen LogP contribution in [0, 0.1) is 0 Å². The second kappa shape index (κ2) is 7.33. The molecule has 0 aliphatic rings. The van der Waals surface area contributed by atoms with Gasteiger partial charge in [0, 0.05) is 12.5 Å². The third-order valence-electron chi connectivity index (χ3n) is 3.03. The normalized spacial score (nSPS) is 10.5. The molecule has 110 valence electrons. The molecule has 0 spiro atoms. The second-order valence-electron chi connectivity index (χ2n) is 4.57. The Morgan fingerprint density at radius 2 is 2.05 bits per heavy atom. The molecular formula is C15H17N3O3. The van der Waals surface area contributed by atoms with Crippen LogP contribution >= 0.6 is 0 Å². The van der Waals surface area contributed by atoms with Crippen molar-refractivity contribution in [1.82, 2.24) is 15.0 Å². The quantitative estimate of drug-likeness (QED) is 0.444. The van der Waals surface area contributed by atoms with Crippen molar-refractivity contribution >= 4 is 22.9 Å². The summed E-state index contributed by atoms with van der Waals surface area (Å²) in [7, 11) is 0. The van der Waals surface area contributed by atoms with E-state index in [2.05, 4.69) is 16.9 Å². The fourth-order valence-corrected chi connectivity index (χ4v) is 1.95. The lowest BCUT2D eigenvalue weighted by molar-refractivity contribution is -0.137. The number of fused-ring (bicyclic) bond motifs is 1. The number of hydrogen-bond donors (Lipinski definition) is 0. The first-order chi connectivity index (χ1) is 10.2. The number of benzene rings is 1. The molecule has 0 atom stereocenters. The molecule has 0 saturated carbocycles. The largest absolute Gasteiger partial charge is 0.463 e. The molecular weight excluding hydrogens is 270 g/mol. The summed E-state index contributed by atoms with van der Waals surface area (Å²) in [4.78, 5) is 22.9. The maximum atomic E-state index is 12.1. The van der Waals surface area contributed by atoms with Gasteiger partial charge in [-0.3, -0.25) is 4.79 Å². The van der Waals surface area contributed by atoms with Gasteiger partial charge in [-0.1, -0.05) is 23.9 Å². The van der Waals surface area contributed by atoms with Crippen LogP contribution in [0.3, 0.4) is 0 Å². The molecule has 0 aliphatic heterocycles. The minimum Gasteiger partial charge on any atom is -0.463 e. The number of unbranched alkanes of at least 4 members (excludes halogenated alkanes) is 2. The summed E-state index contributed by atoms with van der Waals surface area (Å²) < 4.78 is 6.20. The number of aromatic nitrogens is 3. The number of esters is 1. The number of hydrogen-bond acceptors (Lipinski definition) is 5. The summed E-state index contributed by atoms with van der Waals surface area (Å²) in [5, 5.41) is 7.83. The monoisotopic (exact) mass is 287 g/mol. The standard InChI is InChI=1S/C15H17N3O3/c1-2-15(20)21-11-7-3-4-10-14(19)18-13-9-6-5-8-12(13)16-17-18/h2,5-6,8-9H,1,3-4,7,10-11H2. The number of ether oxygens (including phenoxy) is 1. The van der Waals surface area contributed by atoms with E-state index in [0.717, 1.165) is 30.9 Å². The summed E-state index contributed by atoms with van der Waals surface area (Å²) in [6, 6.07) is 7.35. The van der Waals surface area contributed by atoms with Gasteiger partial charge in [-0.25, -0.2) is 4.79 Å². The molecule has 1 aromatic carbocycles. The Bertz CT molecular complexity index is 648. The fourth-order valence-electron chi connectivity index (χ4n) is 1.95. The van der Waals surface area contributed by atoms with Crippen LogP contribution in [0.4, 0.5) is 0 Å². The van der Waals surface area contributed by atoms with E-state index in [9.17, 15) is 9.59 Å². The van der Waals surface area contributed by atoms with Crippen LogP contribution in [0.5, 0.6) is 0 Å². The molecule has 0 radical (unpaired) electrons. The van der Waals surface area contributed by atoms with Gasteiger partial charge in [0.05, 0.1) is 12.1 Å². The molecule has 6 heteroatoms. The highest BCUT2D eigenvalue weighted by Gasteiger charge is 2.10. The molecule has 0 saturated heterocycles. The van der Waals surface area contributed by atoms with E-state index in [1.165, 1.54) is 4.68 Å². The van der Waals surface area contributed by atoms with Crippen LogP contribution in [0.1, 0.15) is 30.5 Å². The third-order valence-corrected chi connectivity index (χ3v) is 3.03. The van der Waals surface area contributed by atoms with E-state index in [0.29, 0.717) is 18.5 Å². The van der Waals surface area contributed by atoms with Crippen molar-refractivity contribution < 1.29 is 14.3 Å². The van der Waals surface area contributed by atoms with Crippen molar-refractivity contribution in [1.29, 1.82) is 0 Å². The highest BCUT2D eigenvalue weighted by Crippen LogP contribution is 2.11. The topological polar surface area (TPSA) is 74.1 Å². The van der Waals surface area contributed by atoms with Gasteiger partial charge in [0.25, 0.3) is 0 Å². The van der Waals surface area contributed by atoms with Crippen molar-refractivity contribution in [2.45, 2.75) is 25.7 Å². The van der Waals surface area contributed by atoms with Crippen LogP contribution in [0.2, 0.25) is 0 Å². The fraction of sp³-hybridized carbons (Fsp3) is 0.333. The van der Waals surface area contributed by atoms with Crippen LogP contribution in [-0.4, -0.2) is 33.5 Å². The molecule has 0 amide bonds. The van der Waals surface area contributed by atoms with Gasteiger partial charge in [0.1, 0.15) is 5.52 Å². The van der Waals surface area contributed by atoms with Crippen molar-refractivity contribution in [3.8, 4) is 0 Å². The lowest BCUT2D eigenvalue weighted by Crippen LogP contribution is -2.12. The van der Waals surface area contributed by atoms with Gasteiger partial charge in [-0.2, -0.15) is 4.68 Å². The molecule has 1 heterocycles. The average Bonchev–Trinajstić information content (AvgIpc) is 2.94. The second-order valence-corrected chi connectivity index (χ2v) is 4.57. The summed E-state index contributed by atoms with van der Waals surface area (Å²) in [5.74, 6) is -0.494. The first kappa shape index (κ1) is 14.9. The Balaban J connectivity index is 1.75. The molecule has 6 nitrogen and oxygen atoms in total. The zero-order valence-corrected chi connectivity index (χ0v) is 11.7. The van der Waals surface area contributed by atoms with Crippen LogP contribution < -0.4 is 0 Å². The van der Waals surface area contributed by atoms with Gasteiger partial charge in [0.15, 0.2) is 0 Å². The first-order valence-electron chi connectivity index (χ1n) is 6.85. The van der Waals surface area contributed by atoms with E-state index in [1.54, 1.807) is 0 Å². The molecule has 2 rings (SSSR count). The van der Waals surface area contributed by atoms with Gasteiger partial charge < -0.3 is 4.74 Å². The Kier molecular flexibility index (Phi) is 5.20. The van der Waals surface area contributed by atoms with Gasteiger partial charge in [-0.05, 0) is 31.4 Å². The van der Waals surface area contributed by atoms with E-state index < -0.39 is 5.97 Å². The van der Waals surface area contributed by atoms with Crippen LogP contribution in [-0.2, 0) is 9.53 Å². The Labute approximate surface area is 122 Å². The number of carbonyl (C=O) groups is 2. The maximum absolute atomic E-state index is 12.1. The lowest BCUT2D eigenvalue weighted by Gasteiger charge is -2.03. The molecule has 0 unspecified atom stereocenters. The van der Waals surface area contributed by atoms with Crippen LogP contribution in [0.15, 0.2) is 36.9 Å². The molecule has 0 bridgehead atoms. The highest BCUT2D eigenvalue weighted by atomic mass is 16.5. The summed E-state index contributed by atoms with van der Waals surface area (Å²) in [6.45, 7) is 3.67. The Morgan fingerprint density at radius 3 is 2.86 bits per heavy atom. The van der Waals surface area contributed by atoms with E-state index in [1.807, 2.05) is 24.3 Å². The third kappa shape index (κ3) is 3.98. The predicted octanol–water partition coefficient (Wildman–Crippen LogP) is 2.36. The van der Waals surface area contributed by atoms with E-state index in [-0.39, 0.29) is 5.91 Å². The Morgan fingerprint density at radius 1 is 1.24 bits per heavy atom. The zero-order chi connectivity index (χ0) is 15.1. The minimum atomic E-state index is -0.417. The average molecular weight is 287 g/mol. The maximum Gasteiger partial charge on any atom is 0.330 e. The molecule has 0 aliphatic carbocycles. The smallest absolute Gasteiger partial charge is 0.330 e. The summed E-state index contributed by atoms with van der Waals surface area (Å²) >= 11 is 0. The van der Waals surface area contributed by atoms with Crippen molar-refractivity contribution in [3.63, 3.8) is 0 Å². The van der Waals surface area contributed by atoms with E-state index >= 15 is 0 Å². The number of para-hydroxylation sites is 1. The summed E-state index contributed by atoms with van der Waals surface area (Å²) in [5.41, 5.74) is 1.43. The Hall–Kier alpha value is -2.50. The molecule has 21 heavy (non-hydrogen) atoms. The van der Waals surface area contributed by atoms with Crippen molar-refractivity contribution in [2.24, 2.45) is 0 Å². The van der Waals surface area contributed by atoms with E-state index in [4.69, 9.17) is 4.74 Å². The molecule has 0 fully saturated rings. The predicted molar refractivity (Wildman–Crippen MR) is 77.8 cm³/mol. The number of carbonyl (C=O) groups excluding carboxylic acids is 2. The molecule has 0 N–H and O–H groups in total. The van der Waals surface area contributed by atoms with Gasteiger partial charge in [0.2, 0.25) is 5.91 Å². The zero-order valence-electron chi connectivity index (χ0n) is 11.7. The van der Waals surface area contributed by atoms with Crippen LogP contribution in [0.25, 0.3) is 11.0 Å². The van der Waals surface area contributed by atoms with Gasteiger partial charge >= 0.3 is 5.97 Å². The van der Waals surface area contributed by atoms with Crippen molar-refractivity contribution in [2.75, 3.05) is 6.61 Å². The number of rotatable bonds is 7. The SMILES string of the molecule is C=CC(=O)OCCCCCC(=O)n1nnc2ccccc21. The summed E-state index contributed by atoms with van der Waals surface area (Å²) in [6.07, 6.45) is 3.79. The van der Waals surface area contributed by atoms with Gasteiger partial charge in [-0.15, -0.1) is 5.10 Å². The number of nitrogens with zero attached hydrogens (tertiary/aromatic N) is 3. The molecule has 1 aromatic heterocycles. The molecule has 2 aromatic rings. The first-order valence-corrected chi connectivity index (χ1v) is 6.85. The van der Waals surface area contributed by atoms with Crippen molar-refractivity contribution in [3.05, 3.63) is 36.9 Å². The lowest BCUT2D eigenvalue weighted by atomic mass is 10.2. The highest BCUT2D eigenvalue weighted by molar-refractivity contribution is 5.88.